The zero-order chi connectivity index (χ0) is 19.5. The fraction of sp³-hybridized carbons (Fsp3) is 0.650. The summed E-state index contributed by atoms with van der Waals surface area (Å²) in [6.45, 7) is 5.09. The molecule has 7 heteroatoms. The van der Waals surface area contributed by atoms with E-state index in [0.717, 1.165) is 81.4 Å². The van der Waals surface area contributed by atoms with Gasteiger partial charge in [-0.2, -0.15) is 0 Å². The van der Waals surface area contributed by atoms with Gasteiger partial charge in [-0.05, 0) is 49.8 Å². The molecule has 1 heterocycles. The van der Waals surface area contributed by atoms with Gasteiger partial charge >= 0.3 is 0 Å². The van der Waals surface area contributed by atoms with E-state index in [2.05, 4.69) is 20.5 Å². The zero-order valence-corrected chi connectivity index (χ0v) is 18.0. The molecule has 1 aliphatic rings. The van der Waals surface area contributed by atoms with Crippen LogP contribution >= 0.6 is 23.2 Å². The number of nitrogens with zero attached hydrogens (tertiary/aromatic N) is 2. The lowest BCUT2D eigenvalue weighted by atomic mass is 10.1. The van der Waals surface area contributed by atoms with E-state index in [0.29, 0.717) is 11.1 Å². The predicted octanol–water partition coefficient (Wildman–Crippen LogP) is 3.59. The first kappa shape index (κ1) is 22.3. The number of ether oxygens (including phenoxy) is 1. The van der Waals surface area contributed by atoms with Crippen molar-refractivity contribution >= 4 is 29.2 Å². The molecule has 1 aromatic rings. The molecule has 0 spiro atoms. The summed E-state index contributed by atoms with van der Waals surface area (Å²) in [6.07, 6.45) is 5.30. The standard InChI is InChI=1S/C20H32Cl2N4O/c1-23-20(24-10-3-5-16-6-7-17(21)15-19(16)22)25-18-8-12-26(13-9-18)11-4-14-27-2/h6-7,15,18H,3-5,8-14H2,1-2H3,(H2,23,24,25). The molecular formula is C20H32Cl2N4O. The lowest BCUT2D eigenvalue weighted by molar-refractivity contribution is 0.155. The molecule has 1 saturated heterocycles. The summed E-state index contributed by atoms with van der Waals surface area (Å²) >= 11 is 12.2. The third-order valence-electron chi connectivity index (χ3n) is 4.91. The van der Waals surface area contributed by atoms with Gasteiger partial charge in [-0.25, -0.2) is 0 Å². The van der Waals surface area contributed by atoms with Crippen LogP contribution in [0.5, 0.6) is 0 Å². The maximum absolute atomic E-state index is 6.23. The Morgan fingerprint density at radius 1 is 1.26 bits per heavy atom. The molecular weight excluding hydrogens is 383 g/mol. The van der Waals surface area contributed by atoms with E-state index in [1.165, 1.54) is 0 Å². The van der Waals surface area contributed by atoms with Crippen molar-refractivity contribution in [3.05, 3.63) is 33.8 Å². The lowest BCUT2D eigenvalue weighted by Gasteiger charge is -2.33. The van der Waals surface area contributed by atoms with Gasteiger partial charge in [0.15, 0.2) is 5.96 Å². The molecule has 27 heavy (non-hydrogen) atoms. The Labute approximate surface area is 173 Å². The molecule has 0 saturated carbocycles. The SMILES string of the molecule is CN=C(NCCCc1ccc(Cl)cc1Cl)NC1CCN(CCCOC)CC1. The summed E-state index contributed by atoms with van der Waals surface area (Å²) < 4.78 is 5.13. The highest BCUT2D eigenvalue weighted by molar-refractivity contribution is 6.35. The topological polar surface area (TPSA) is 48.9 Å². The van der Waals surface area contributed by atoms with E-state index in [1.807, 2.05) is 19.2 Å². The number of likely N-dealkylation sites (tertiary alicyclic amines) is 1. The predicted molar refractivity (Wildman–Crippen MR) is 115 cm³/mol. The van der Waals surface area contributed by atoms with E-state index < -0.39 is 0 Å². The zero-order valence-electron chi connectivity index (χ0n) is 16.4. The lowest BCUT2D eigenvalue weighted by Crippen LogP contribution is -2.49. The average molecular weight is 415 g/mol. The van der Waals surface area contributed by atoms with E-state index in [9.17, 15) is 0 Å². The van der Waals surface area contributed by atoms with Crippen LogP contribution < -0.4 is 10.6 Å². The number of hydrogen-bond donors (Lipinski definition) is 2. The molecule has 1 fully saturated rings. The highest BCUT2D eigenvalue weighted by Crippen LogP contribution is 2.21. The van der Waals surface area contributed by atoms with E-state index in [-0.39, 0.29) is 0 Å². The molecule has 5 nitrogen and oxygen atoms in total. The Hall–Kier alpha value is -1.01. The van der Waals surface area contributed by atoms with Gasteiger partial charge in [-0.1, -0.05) is 29.3 Å². The van der Waals surface area contributed by atoms with Crippen LogP contribution in [0.4, 0.5) is 0 Å². The number of rotatable bonds is 9. The first-order valence-corrected chi connectivity index (χ1v) is 10.5. The molecule has 0 unspecified atom stereocenters. The molecule has 0 aromatic heterocycles. The van der Waals surface area contributed by atoms with Gasteiger partial charge in [-0.3, -0.25) is 4.99 Å². The van der Waals surface area contributed by atoms with Gasteiger partial charge in [0.1, 0.15) is 0 Å². The minimum absolute atomic E-state index is 0.487. The molecule has 1 aromatic carbocycles. The Balaban J connectivity index is 1.63. The van der Waals surface area contributed by atoms with Gasteiger partial charge in [0.05, 0.1) is 0 Å². The third kappa shape index (κ3) is 8.26. The molecule has 0 amide bonds. The first-order chi connectivity index (χ1) is 13.1. The van der Waals surface area contributed by atoms with Gasteiger partial charge in [0.2, 0.25) is 0 Å². The van der Waals surface area contributed by atoms with Crippen molar-refractivity contribution < 1.29 is 4.74 Å². The second-order valence-corrected chi connectivity index (χ2v) is 7.79. The number of guanidine groups is 1. The normalized spacial score (nSPS) is 16.5. The Bertz CT molecular complexity index is 589. The molecule has 2 N–H and O–H groups in total. The average Bonchev–Trinajstić information content (AvgIpc) is 2.67. The second-order valence-electron chi connectivity index (χ2n) is 6.94. The van der Waals surface area contributed by atoms with E-state index in [4.69, 9.17) is 27.9 Å². The summed E-state index contributed by atoms with van der Waals surface area (Å²) in [5.41, 5.74) is 1.13. The van der Waals surface area contributed by atoms with Crippen LogP contribution in [0.3, 0.4) is 0 Å². The van der Waals surface area contributed by atoms with E-state index >= 15 is 0 Å². The number of nitrogens with one attached hydrogen (secondary N) is 2. The minimum Gasteiger partial charge on any atom is -0.385 e. The van der Waals surface area contributed by atoms with Crippen LogP contribution in [0.15, 0.2) is 23.2 Å². The highest BCUT2D eigenvalue weighted by atomic mass is 35.5. The van der Waals surface area contributed by atoms with Crippen molar-refractivity contribution in [1.29, 1.82) is 0 Å². The number of benzene rings is 1. The molecule has 152 valence electrons. The molecule has 0 aliphatic carbocycles. The molecule has 1 aliphatic heterocycles. The largest absolute Gasteiger partial charge is 0.385 e. The van der Waals surface area contributed by atoms with Crippen molar-refractivity contribution in [2.75, 3.05) is 46.9 Å². The first-order valence-electron chi connectivity index (χ1n) is 9.74. The number of piperidine rings is 1. The second kappa shape index (κ2) is 12.4. The summed E-state index contributed by atoms with van der Waals surface area (Å²) in [5, 5.41) is 8.38. The van der Waals surface area contributed by atoms with Crippen LogP contribution in [-0.2, 0) is 11.2 Å². The monoisotopic (exact) mass is 414 g/mol. The van der Waals surface area contributed by atoms with Crippen molar-refractivity contribution in [1.82, 2.24) is 15.5 Å². The Morgan fingerprint density at radius 2 is 2.04 bits per heavy atom. The summed E-state index contributed by atoms with van der Waals surface area (Å²) in [4.78, 5) is 6.87. The summed E-state index contributed by atoms with van der Waals surface area (Å²) in [6, 6.07) is 6.17. The Morgan fingerprint density at radius 3 is 2.70 bits per heavy atom. The van der Waals surface area contributed by atoms with Crippen LogP contribution in [0.2, 0.25) is 10.0 Å². The Kier molecular flexibility index (Phi) is 10.3. The number of methoxy groups -OCH3 is 1. The molecule has 2 rings (SSSR count). The van der Waals surface area contributed by atoms with Gasteiger partial charge in [-0.15, -0.1) is 0 Å². The minimum atomic E-state index is 0.487. The van der Waals surface area contributed by atoms with Crippen molar-refractivity contribution in [3.63, 3.8) is 0 Å². The third-order valence-corrected chi connectivity index (χ3v) is 5.49. The highest BCUT2D eigenvalue weighted by Gasteiger charge is 2.19. The number of halogens is 2. The summed E-state index contributed by atoms with van der Waals surface area (Å²) in [7, 11) is 3.59. The van der Waals surface area contributed by atoms with Crippen LogP contribution in [-0.4, -0.2) is 63.8 Å². The smallest absolute Gasteiger partial charge is 0.191 e. The maximum atomic E-state index is 6.23. The van der Waals surface area contributed by atoms with Crippen molar-refractivity contribution in [2.24, 2.45) is 4.99 Å². The molecule has 0 bridgehead atoms. The number of aliphatic imine (C=N–C) groups is 1. The molecule has 0 radical (unpaired) electrons. The number of aryl methyl sites for hydroxylation is 1. The van der Waals surface area contributed by atoms with Crippen LogP contribution in [0.1, 0.15) is 31.2 Å². The number of hydrogen-bond acceptors (Lipinski definition) is 3. The van der Waals surface area contributed by atoms with Gasteiger partial charge < -0.3 is 20.3 Å². The van der Waals surface area contributed by atoms with Crippen molar-refractivity contribution in [2.45, 2.75) is 38.1 Å². The van der Waals surface area contributed by atoms with Gasteiger partial charge in [0, 0.05) is 63.0 Å². The van der Waals surface area contributed by atoms with Crippen LogP contribution in [0, 0.1) is 0 Å². The van der Waals surface area contributed by atoms with Crippen LogP contribution in [0.25, 0.3) is 0 Å². The van der Waals surface area contributed by atoms with Crippen molar-refractivity contribution in [3.8, 4) is 0 Å². The summed E-state index contributed by atoms with van der Waals surface area (Å²) in [5.74, 6) is 0.884. The fourth-order valence-electron chi connectivity index (χ4n) is 3.33. The van der Waals surface area contributed by atoms with Gasteiger partial charge in [0.25, 0.3) is 0 Å². The van der Waals surface area contributed by atoms with E-state index in [1.54, 1.807) is 13.2 Å². The molecule has 0 atom stereocenters. The fourth-order valence-corrected chi connectivity index (χ4v) is 3.83. The maximum Gasteiger partial charge on any atom is 0.191 e. The quantitative estimate of drug-likeness (QED) is 0.368.